The van der Waals surface area contributed by atoms with Crippen LogP contribution in [0.4, 0.5) is 5.69 Å². The van der Waals surface area contributed by atoms with Gasteiger partial charge in [0.2, 0.25) is 11.8 Å². The molecule has 0 aliphatic rings. The lowest BCUT2D eigenvalue weighted by Gasteiger charge is -2.18. The maximum absolute atomic E-state index is 12.4. The molecule has 1 atom stereocenters. The second-order valence-corrected chi connectivity index (χ2v) is 6.44. The van der Waals surface area contributed by atoms with Crippen molar-refractivity contribution in [1.29, 1.82) is 0 Å². The fraction of sp³-hybridized carbons (Fsp3) is 0.316. The van der Waals surface area contributed by atoms with Crippen LogP contribution in [0.1, 0.15) is 38.3 Å². The molecule has 138 valence electrons. The Morgan fingerprint density at radius 3 is 2.46 bits per heavy atom. The first-order valence-corrected chi connectivity index (χ1v) is 8.79. The third kappa shape index (κ3) is 5.74. The molecular formula is C19H22ClN3O3. The number of hydrogen-bond acceptors (Lipinski definition) is 3. The number of nitrogens with zero attached hydrogens (tertiary/aromatic N) is 1. The molecule has 1 aromatic carbocycles. The van der Waals surface area contributed by atoms with Crippen LogP contribution in [-0.4, -0.2) is 16.4 Å². The Morgan fingerprint density at radius 1 is 1.15 bits per heavy atom. The van der Waals surface area contributed by atoms with Gasteiger partial charge < -0.3 is 15.2 Å². The number of hydrogen-bond donors (Lipinski definition) is 2. The van der Waals surface area contributed by atoms with Crippen molar-refractivity contribution in [2.45, 2.75) is 39.3 Å². The van der Waals surface area contributed by atoms with E-state index < -0.39 is 6.04 Å². The number of carbonyl (C=O) groups excluding carboxylic acids is 2. The van der Waals surface area contributed by atoms with Gasteiger partial charge in [0.05, 0.1) is 18.2 Å². The second-order valence-electron chi connectivity index (χ2n) is 6.01. The number of amides is 2. The van der Waals surface area contributed by atoms with E-state index in [9.17, 15) is 14.4 Å². The molecule has 0 saturated carbocycles. The Bertz CT molecular complexity index is 831. The first-order chi connectivity index (χ1) is 12.4. The number of rotatable bonds is 7. The normalized spacial score (nSPS) is 11.7. The highest BCUT2D eigenvalue weighted by molar-refractivity contribution is 6.30. The van der Waals surface area contributed by atoms with E-state index in [1.165, 1.54) is 13.0 Å². The summed E-state index contributed by atoms with van der Waals surface area (Å²) < 4.78 is 1.56. The first kappa shape index (κ1) is 19.7. The maximum Gasteiger partial charge on any atom is 0.250 e. The molecule has 2 amide bonds. The molecule has 2 N–H and O–H groups in total. The minimum absolute atomic E-state index is 0.0636. The van der Waals surface area contributed by atoms with Gasteiger partial charge in [0.25, 0.3) is 5.56 Å². The van der Waals surface area contributed by atoms with Crippen molar-refractivity contribution in [2.75, 3.05) is 5.32 Å². The zero-order chi connectivity index (χ0) is 19.1. The second kappa shape index (κ2) is 9.20. The van der Waals surface area contributed by atoms with Crippen LogP contribution in [0.2, 0.25) is 5.02 Å². The van der Waals surface area contributed by atoms with Crippen LogP contribution in [-0.2, 0) is 16.1 Å². The van der Waals surface area contributed by atoms with E-state index >= 15 is 0 Å². The summed E-state index contributed by atoms with van der Waals surface area (Å²) in [5, 5.41) is 6.13. The van der Waals surface area contributed by atoms with Crippen LogP contribution in [0, 0.1) is 0 Å². The minimum atomic E-state index is -0.466. The number of halogens is 1. The molecule has 0 fully saturated rings. The van der Waals surface area contributed by atoms with E-state index in [1.807, 2.05) is 6.92 Å². The minimum Gasteiger partial charge on any atom is -0.349 e. The van der Waals surface area contributed by atoms with Crippen LogP contribution in [0.5, 0.6) is 0 Å². The van der Waals surface area contributed by atoms with Crippen LogP contribution in [0.3, 0.4) is 0 Å². The van der Waals surface area contributed by atoms with Gasteiger partial charge in [-0.25, -0.2) is 0 Å². The zero-order valence-electron chi connectivity index (χ0n) is 14.8. The molecule has 0 aliphatic carbocycles. The van der Waals surface area contributed by atoms with Gasteiger partial charge in [-0.15, -0.1) is 0 Å². The van der Waals surface area contributed by atoms with E-state index in [4.69, 9.17) is 11.6 Å². The molecular weight excluding hydrogens is 354 g/mol. The maximum atomic E-state index is 12.4. The largest absolute Gasteiger partial charge is 0.349 e. The zero-order valence-corrected chi connectivity index (χ0v) is 15.5. The van der Waals surface area contributed by atoms with Crippen LogP contribution in [0.15, 0.2) is 47.4 Å². The van der Waals surface area contributed by atoms with Crippen molar-refractivity contribution in [3.63, 3.8) is 0 Å². The van der Waals surface area contributed by atoms with Crippen molar-refractivity contribution >= 4 is 29.1 Å². The lowest BCUT2D eigenvalue weighted by molar-refractivity contribution is -0.120. The highest BCUT2D eigenvalue weighted by Crippen LogP contribution is 2.20. The predicted octanol–water partition coefficient (Wildman–Crippen LogP) is 3.12. The Kier molecular flexibility index (Phi) is 6.97. The lowest BCUT2D eigenvalue weighted by atomic mass is 10.0. The van der Waals surface area contributed by atoms with Gasteiger partial charge >= 0.3 is 0 Å². The summed E-state index contributed by atoms with van der Waals surface area (Å²) in [6.07, 6.45) is 2.51. The van der Waals surface area contributed by atoms with Crippen LogP contribution in [0.25, 0.3) is 0 Å². The predicted molar refractivity (Wildman–Crippen MR) is 102 cm³/mol. The van der Waals surface area contributed by atoms with E-state index in [2.05, 4.69) is 10.6 Å². The fourth-order valence-corrected chi connectivity index (χ4v) is 2.74. The van der Waals surface area contributed by atoms with Crippen molar-refractivity contribution in [1.82, 2.24) is 9.88 Å². The topological polar surface area (TPSA) is 80.2 Å². The van der Waals surface area contributed by atoms with E-state index in [-0.39, 0.29) is 23.8 Å². The summed E-state index contributed by atoms with van der Waals surface area (Å²) in [7, 11) is 0. The van der Waals surface area contributed by atoms with Gasteiger partial charge in [-0.3, -0.25) is 14.4 Å². The van der Waals surface area contributed by atoms with E-state index in [0.717, 1.165) is 12.0 Å². The molecule has 0 saturated heterocycles. The first-order valence-electron chi connectivity index (χ1n) is 8.42. The van der Waals surface area contributed by atoms with Gasteiger partial charge in [0.15, 0.2) is 0 Å². The number of aromatic nitrogens is 1. The summed E-state index contributed by atoms with van der Waals surface area (Å²) in [6, 6.07) is 9.51. The third-order valence-corrected chi connectivity index (χ3v) is 4.02. The fourth-order valence-electron chi connectivity index (χ4n) is 2.61. The summed E-state index contributed by atoms with van der Waals surface area (Å²) in [6.45, 7) is 3.96. The highest BCUT2D eigenvalue weighted by Gasteiger charge is 2.17. The van der Waals surface area contributed by atoms with Gasteiger partial charge in [-0.1, -0.05) is 30.7 Å². The molecule has 0 spiro atoms. The number of carbonyl (C=O) groups is 2. The van der Waals surface area contributed by atoms with Crippen LogP contribution >= 0.6 is 11.6 Å². The summed E-state index contributed by atoms with van der Waals surface area (Å²) in [5.41, 5.74) is 1.22. The Balaban J connectivity index is 2.11. The molecule has 0 unspecified atom stereocenters. The number of aryl methyl sites for hydroxylation is 1. The van der Waals surface area contributed by atoms with Gasteiger partial charge in [0, 0.05) is 30.8 Å². The number of pyridine rings is 1. The molecule has 2 aromatic rings. The Morgan fingerprint density at radius 2 is 1.85 bits per heavy atom. The molecule has 1 heterocycles. The third-order valence-electron chi connectivity index (χ3n) is 3.77. The smallest absolute Gasteiger partial charge is 0.250 e. The average Bonchev–Trinajstić information content (AvgIpc) is 2.58. The molecule has 0 aliphatic heterocycles. The molecule has 0 bridgehead atoms. The summed E-state index contributed by atoms with van der Waals surface area (Å²) >= 11 is 5.89. The Hall–Kier alpha value is -2.60. The van der Waals surface area contributed by atoms with Gasteiger partial charge in [-0.05, 0) is 30.2 Å². The van der Waals surface area contributed by atoms with E-state index in [1.54, 1.807) is 41.1 Å². The van der Waals surface area contributed by atoms with Crippen molar-refractivity contribution in [3.05, 3.63) is 63.5 Å². The summed E-state index contributed by atoms with van der Waals surface area (Å²) in [4.78, 5) is 35.7. The van der Waals surface area contributed by atoms with Crippen molar-refractivity contribution in [3.8, 4) is 0 Å². The molecule has 6 nitrogen and oxygen atoms in total. The lowest BCUT2D eigenvalue weighted by Crippen LogP contribution is -2.30. The number of anilines is 1. The summed E-state index contributed by atoms with van der Waals surface area (Å²) in [5.74, 6) is -0.491. The van der Waals surface area contributed by atoms with E-state index in [0.29, 0.717) is 17.3 Å². The monoisotopic (exact) mass is 375 g/mol. The van der Waals surface area contributed by atoms with Crippen molar-refractivity contribution in [2.24, 2.45) is 0 Å². The number of benzene rings is 1. The van der Waals surface area contributed by atoms with Gasteiger partial charge in [0.1, 0.15) is 0 Å². The van der Waals surface area contributed by atoms with Gasteiger partial charge in [-0.2, -0.15) is 0 Å². The van der Waals surface area contributed by atoms with Crippen LogP contribution < -0.4 is 16.2 Å². The SMILES string of the molecule is CCCn1cc(NC(=O)C[C@@H](NC(C)=O)c2ccc(Cl)cc2)ccc1=O. The molecule has 26 heavy (non-hydrogen) atoms. The molecule has 0 radical (unpaired) electrons. The average molecular weight is 376 g/mol. The molecule has 7 heteroatoms. The Labute approximate surface area is 157 Å². The van der Waals surface area contributed by atoms with Crippen molar-refractivity contribution < 1.29 is 9.59 Å². The highest BCUT2D eigenvalue weighted by atomic mass is 35.5. The number of nitrogens with one attached hydrogen (secondary N) is 2. The molecule has 1 aromatic heterocycles. The quantitative estimate of drug-likeness (QED) is 0.780. The molecule has 2 rings (SSSR count). The standard InChI is InChI=1S/C19H22ClN3O3/c1-3-10-23-12-16(8-9-19(23)26)22-18(25)11-17(21-13(2)24)14-4-6-15(20)7-5-14/h4-9,12,17H,3,10-11H2,1-2H3,(H,21,24)(H,22,25)/t17-/m1/s1.